The number of benzene rings is 1. The van der Waals surface area contributed by atoms with Crippen LogP contribution in [0.15, 0.2) is 35.7 Å². The first-order valence-corrected chi connectivity index (χ1v) is 8.10. The van der Waals surface area contributed by atoms with Gasteiger partial charge >= 0.3 is 0 Å². The van der Waals surface area contributed by atoms with Crippen molar-refractivity contribution in [1.82, 2.24) is 10.3 Å². The van der Waals surface area contributed by atoms with Gasteiger partial charge in [0, 0.05) is 13.0 Å². The highest BCUT2D eigenvalue weighted by Crippen LogP contribution is 2.21. The van der Waals surface area contributed by atoms with Gasteiger partial charge < -0.3 is 5.32 Å². The Hall–Kier alpha value is -1.72. The lowest BCUT2D eigenvalue weighted by Gasteiger charge is -2.02. The van der Waals surface area contributed by atoms with E-state index in [1.807, 2.05) is 36.6 Å². The summed E-state index contributed by atoms with van der Waals surface area (Å²) >= 11 is 3.17. The molecule has 20 heavy (non-hydrogen) atoms. The Labute approximate surface area is 125 Å². The van der Waals surface area contributed by atoms with Gasteiger partial charge in [-0.3, -0.25) is 4.79 Å². The normalized spacial score (nSPS) is 10.8. The van der Waals surface area contributed by atoms with Crippen molar-refractivity contribution in [2.24, 2.45) is 0 Å². The van der Waals surface area contributed by atoms with Gasteiger partial charge in [0.05, 0.1) is 20.1 Å². The maximum Gasteiger partial charge on any atom is 0.261 e. The lowest BCUT2D eigenvalue weighted by Crippen LogP contribution is -2.25. The van der Waals surface area contributed by atoms with E-state index in [9.17, 15) is 4.79 Å². The summed E-state index contributed by atoms with van der Waals surface area (Å²) in [7, 11) is 0. The van der Waals surface area contributed by atoms with Crippen molar-refractivity contribution >= 4 is 38.8 Å². The first-order valence-electron chi connectivity index (χ1n) is 6.41. The van der Waals surface area contributed by atoms with Gasteiger partial charge in [0.1, 0.15) is 0 Å². The molecule has 5 heteroatoms. The smallest absolute Gasteiger partial charge is 0.261 e. The molecule has 0 radical (unpaired) electrons. The predicted octanol–water partition coefficient (Wildman–Crippen LogP) is 3.64. The Balaban J connectivity index is 1.60. The summed E-state index contributed by atoms with van der Waals surface area (Å²) < 4.78 is 1.20. The van der Waals surface area contributed by atoms with Crippen LogP contribution in [0.5, 0.6) is 0 Å². The van der Waals surface area contributed by atoms with Crippen LogP contribution in [0, 0.1) is 6.92 Å². The molecule has 0 saturated heterocycles. The minimum absolute atomic E-state index is 0.0126. The van der Waals surface area contributed by atoms with Gasteiger partial charge in [-0.05, 0) is 36.1 Å². The molecule has 0 aliphatic rings. The molecule has 2 heterocycles. The number of hydrogen-bond donors (Lipinski definition) is 1. The van der Waals surface area contributed by atoms with E-state index in [1.165, 1.54) is 16.0 Å². The highest BCUT2D eigenvalue weighted by atomic mass is 32.1. The van der Waals surface area contributed by atoms with Crippen molar-refractivity contribution < 1.29 is 4.79 Å². The average molecular weight is 302 g/mol. The molecule has 0 atom stereocenters. The van der Waals surface area contributed by atoms with Gasteiger partial charge in [-0.25, -0.2) is 4.98 Å². The number of nitrogens with zero attached hydrogens (tertiary/aromatic N) is 1. The van der Waals surface area contributed by atoms with Crippen LogP contribution in [0.3, 0.4) is 0 Å². The summed E-state index contributed by atoms with van der Waals surface area (Å²) in [5, 5.41) is 5.96. The maximum atomic E-state index is 12.0. The van der Waals surface area contributed by atoms with Gasteiger partial charge in [-0.2, -0.15) is 0 Å². The number of fused-ring (bicyclic) bond motifs is 1. The fourth-order valence-corrected chi connectivity index (χ4v) is 3.80. The largest absolute Gasteiger partial charge is 0.351 e. The number of aryl methyl sites for hydroxylation is 1. The summed E-state index contributed by atoms with van der Waals surface area (Å²) in [5.74, 6) is 0.0126. The Morgan fingerprint density at radius 2 is 2.15 bits per heavy atom. The van der Waals surface area contributed by atoms with E-state index in [1.54, 1.807) is 11.3 Å². The maximum absolute atomic E-state index is 12.0. The molecule has 0 saturated carbocycles. The minimum Gasteiger partial charge on any atom is -0.351 e. The first-order chi connectivity index (χ1) is 9.74. The standard InChI is InChI=1S/C15H14N2OS2/c1-10-7-9-19-14(10)15(18)16-8-6-13-17-11-4-2-3-5-12(11)20-13/h2-5,7,9H,6,8H2,1H3,(H,16,18). The third-order valence-corrected chi connectivity index (χ3v) is 5.14. The van der Waals surface area contributed by atoms with Gasteiger partial charge in [0.15, 0.2) is 0 Å². The Kier molecular flexibility index (Phi) is 3.80. The summed E-state index contributed by atoms with van der Waals surface area (Å²) in [4.78, 5) is 17.3. The van der Waals surface area contributed by atoms with Crippen LogP contribution in [-0.4, -0.2) is 17.4 Å². The second kappa shape index (κ2) is 5.73. The second-order valence-electron chi connectivity index (χ2n) is 4.51. The van der Waals surface area contributed by atoms with Crippen molar-refractivity contribution in [2.45, 2.75) is 13.3 Å². The second-order valence-corrected chi connectivity index (χ2v) is 6.55. The summed E-state index contributed by atoms with van der Waals surface area (Å²) in [6.07, 6.45) is 0.773. The van der Waals surface area contributed by atoms with Gasteiger partial charge in [0.2, 0.25) is 0 Å². The Morgan fingerprint density at radius 1 is 1.30 bits per heavy atom. The molecule has 0 spiro atoms. The Morgan fingerprint density at radius 3 is 2.90 bits per heavy atom. The molecule has 2 aromatic heterocycles. The fourth-order valence-electron chi connectivity index (χ4n) is 2.00. The topological polar surface area (TPSA) is 42.0 Å². The van der Waals surface area contributed by atoms with Gasteiger partial charge in [-0.15, -0.1) is 22.7 Å². The number of carbonyl (C=O) groups excluding carboxylic acids is 1. The number of nitrogens with one attached hydrogen (secondary N) is 1. The van der Waals surface area contributed by atoms with Crippen LogP contribution in [-0.2, 0) is 6.42 Å². The zero-order chi connectivity index (χ0) is 13.9. The molecular formula is C15H14N2OS2. The molecule has 3 aromatic rings. The molecule has 1 amide bonds. The molecule has 1 N–H and O–H groups in total. The molecule has 3 rings (SSSR count). The van der Waals surface area contributed by atoms with Crippen LogP contribution >= 0.6 is 22.7 Å². The van der Waals surface area contributed by atoms with E-state index in [0.717, 1.165) is 27.4 Å². The number of carbonyl (C=O) groups is 1. The number of thiazole rings is 1. The zero-order valence-electron chi connectivity index (χ0n) is 11.1. The average Bonchev–Trinajstić information content (AvgIpc) is 3.04. The number of rotatable bonds is 4. The molecule has 102 valence electrons. The molecule has 0 aliphatic heterocycles. The van der Waals surface area contributed by atoms with E-state index in [0.29, 0.717) is 6.54 Å². The molecule has 0 unspecified atom stereocenters. The molecular weight excluding hydrogens is 288 g/mol. The first kappa shape index (κ1) is 13.3. The lowest BCUT2D eigenvalue weighted by atomic mass is 10.3. The quantitative estimate of drug-likeness (QED) is 0.799. The van der Waals surface area contributed by atoms with Crippen molar-refractivity contribution in [3.05, 3.63) is 51.2 Å². The van der Waals surface area contributed by atoms with Crippen LogP contribution in [0.25, 0.3) is 10.2 Å². The predicted molar refractivity (Wildman–Crippen MR) is 84.7 cm³/mol. The Bertz CT molecular complexity index is 712. The van der Waals surface area contributed by atoms with E-state index in [-0.39, 0.29) is 5.91 Å². The fraction of sp³-hybridized carbons (Fsp3) is 0.200. The van der Waals surface area contributed by atoms with Crippen LogP contribution in [0.2, 0.25) is 0 Å². The molecule has 0 bridgehead atoms. The highest BCUT2D eigenvalue weighted by Gasteiger charge is 2.10. The van der Waals surface area contributed by atoms with Crippen LogP contribution in [0.4, 0.5) is 0 Å². The molecule has 3 nitrogen and oxygen atoms in total. The van der Waals surface area contributed by atoms with E-state index in [4.69, 9.17) is 0 Å². The molecule has 0 aliphatic carbocycles. The monoisotopic (exact) mass is 302 g/mol. The minimum atomic E-state index is 0.0126. The van der Waals surface area contributed by atoms with Crippen molar-refractivity contribution in [3.63, 3.8) is 0 Å². The summed E-state index contributed by atoms with van der Waals surface area (Å²) in [6.45, 7) is 2.58. The van der Waals surface area contributed by atoms with Crippen LogP contribution < -0.4 is 5.32 Å². The number of para-hydroxylation sites is 1. The number of amides is 1. The van der Waals surface area contributed by atoms with Crippen molar-refractivity contribution in [3.8, 4) is 0 Å². The van der Waals surface area contributed by atoms with E-state index >= 15 is 0 Å². The SMILES string of the molecule is Cc1ccsc1C(=O)NCCc1nc2ccccc2s1. The molecule has 0 fully saturated rings. The van der Waals surface area contributed by atoms with Gasteiger partial charge in [-0.1, -0.05) is 12.1 Å². The van der Waals surface area contributed by atoms with Gasteiger partial charge in [0.25, 0.3) is 5.91 Å². The zero-order valence-corrected chi connectivity index (χ0v) is 12.7. The third-order valence-electron chi connectivity index (χ3n) is 3.03. The summed E-state index contributed by atoms with van der Waals surface area (Å²) in [5.41, 5.74) is 2.07. The third kappa shape index (κ3) is 2.73. The van der Waals surface area contributed by atoms with Crippen molar-refractivity contribution in [1.29, 1.82) is 0 Å². The molecule has 1 aromatic carbocycles. The van der Waals surface area contributed by atoms with E-state index in [2.05, 4.69) is 16.4 Å². The highest BCUT2D eigenvalue weighted by molar-refractivity contribution is 7.18. The number of hydrogen-bond acceptors (Lipinski definition) is 4. The number of thiophene rings is 1. The number of aromatic nitrogens is 1. The summed E-state index contributed by atoms with van der Waals surface area (Å²) in [6, 6.07) is 10.1. The van der Waals surface area contributed by atoms with Crippen LogP contribution in [0.1, 0.15) is 20.2 Å². The van der Waals surface area contributed by atoms with Crippen molar-refractivity contribution in [2.75, 3.05) is 6.54 Å². The lowest BCUT2D eigenvalue weighted by molar-refractivity contribution is 0.0957. The van der Waals surface area contributed by atoms with E-state index < -0.39 is 0 Å².